The van der Waals surface area contributed by atoms with E-state index < -0.39 is 6.10 Å². The fraction of sp³-hybridized carbons (Fsp3) is 0.942. The molecule has 6 heteroatoms. The van der Waals surface area contributed by atoms with E-state index in [1.54, 1.807) is 0 Å². The minimum Gasteiger partial charge on any atom is -0.462 e. The summed E-state index contributed by atoms with van der Waals surface area (Å²) in [4.78, 5) is 37.9. The number of ether oxygens (including phenoxy) is 3. The lowest BCUT2D eigenvalue weighted by Crippen LogP contribution is -2.30. The first-order valence-electron chi connectivity index (χ1n) is 25.7. The van der Waals surface area contributed by atoms with Crippen LogP contribution >= 0.6 is 0 Å². The number of rotatable bonds is 46. The highest BCUT2D eigenvalue weighted by Gasteiger charge is 2.19. The highest BCUT2D eigenvalue weighted by molar-refractivity contribution is 5.71. The Bertz CT molecular complexity index is 885. The first-order chi connectivity index (χ1) is 28.2. The molecule has 0 amide bonds. The van der Waals surface area contributed by atoms with Gasteiger partial charge in [0.15, 0.2) is 6.10 Å². The fourth-order valence-corrected chi connectivity index (χ4v) is 7.81. The van der Waals surface area contributed by atoms with Gasteiger partial charge in [-0.25, -0.2) is 0 Å². The SMILES string of the molecule is CCCCCCCCCCCCCCC(=O)OC[C@H](COC(=O)CCCCCCCCCCCCCCCC(C)C)OC(=O)CCCCCCCCCCCC(C)C. The summed E-state index contributed by atoms with van der Waals surface area (Å²) in [6.45, 7) is 11.4. The van der Waals surface area contributed by atoms with E-state index in [1.165, 1.54) is 173 Å². The maximum Gasteiger partial charge on any atom is 0.306 e. The minimum absolute atomic E-state index is 0.0639. The van der Waals surface area contributed by atoms with E-state index in [1.807, 2.05) is 0 Å². The van der Waals surface area contributed by atoms with Crippen molar-refractivity contribution in [2.24, 2.45) is 11.8 Å². The predicted octanol–water partition coefficient (Wildman–Crippen LogP) is 16.5. The lowest BCUT2D eigenvalue weighted by atomic mass is 10.0. The van der Waals surface area contributed by atoms with Crippen LogP contribution in [0.5, 0.6) is 0 Å². The Kier molecular flexibility index (Phi) is 43.7. The zero-order valence-electron chi connectivity index (χ0n) is 39.7. The molecule has 0 aromatic rings. The van der Waals surface area contributed by atoms with Gasteiger partial charge in [-0.1, -0.05) is 247 Å². The van der Waals surface area contributed by atoms with Crippen molar-refractivity contribution in [3.63, 3.8) is 0 Å². The van der Waals surface area contributed by atoms with Crippen LogP contribution < -0.4 is 0 Å². The number of hydrogen-bond donors (Lipinski definition) is 0. The van der Waals surface area contributed by atoms with Gasteiger partial charge in [0.25, 0.3) is 0 Å². The summed E-state index contributed by atoms with van der Waals surface area (Å²) in [6, 6.07) is 0. The topological polar surface area (TPSA) is 78.9 Å². The molecule has 0 heterocycles. The van der Waals surface area contributed by atoms with Crippen LogP contribution in [0.15, 0.2) is 0 Å². The molecule has 0 aromatic heterocycles. The second kappa shape index (κ2) is 44.9. The van der Waals surface area contributed by atoms with E-state index in [0.717, 1.165) is 69.6 Å². The van der Waals surface area contributed by atoms with Crippen LogP contribution in [-0.2, 0) is 28.6 Å². The molecule has 0 bridgehead atoms. The highest BCUT2D eigenvalue weighted by Crippen LogP contribution is 2.17. The molecule has 0 aliphatic heterocycles. The van der Waals surface area contributed by atoms with Crippen LogP contribution in [0.25, 0.3) is 0 Å². The minimum atomic E-state index is -0.761. The average Bonchev–Trinajstić information content (AvgIpc) is 3.19. The molecule has 0 radical (unpaired) electrons. The maximum absolute atomic E-state index is 12.8. The van der Waals surface area contributed by atoms with Crippen molar-refractivity contribution in [2.75, 3.05) is 13.2 Å². The highest BCUT2D eigenvalue weighted by atomic mass is 16.6. The van der Waals surface area contributed by atoms with Gasteiger partial charge in [-0.2, -0.15) is 0 Å². The van der Waals surface area contributed by atoms with Crippen molar-refractivity contribution in [3.05, 3.63) is 0 Å². The van der Waals surface area contributed by atoms with Crippen LogP contribution in [0.3, 0.4) is 0 Å². The van der Waals surface area contributed by atoms with Gasteiger partial charge in [0.2, 0.25) is 0 Å². The number of esters is 3. The summed E-state index contributed by atoms with van der Waals surface area (Å²) >= 11 is 0. The molecule has 0 aromatic carbocycles. The molecular formula is C52H100O6. The predicted molar refractivity (Wildman–Crippen MR) is 247 cm³/mol. The summed E-state index contributed by atoms with van der Waals surface area (Å²) < 4.78 is 16.8. The zero-order valence-corrected chi connectivity index (χ0v) is 39.7. The van der Waals surface area contributed by atoms with Gasteiger partial charge in [-0.05, 0) is 31.1 Å². The molecule has 58 heavy (non-hydrogen) atoms. The zero-order chi connectivity index (χ0) is 42.6. The molecule has 0 aliphatic rings. The second-order valence-electron chi connectivity index (χ2n) is 18.8. The Hall–Kier alpha value is -1.59. The van der Waals surface area contributed by atoms with Gasteiger partial charge < -0.3 is 14.2 Å². The van der Waals surface area contributed by atoms with Crippen molar-refractivity contribution in [1.29, 1.82) is 0 Å². The van der Waals surface area contributed by atoms with Gasteiger partial charge in [0.05, 0.1) is 0 Å². The number of carbonyl (C=O) groups excluding carboxylic acids is 3. The lowest BCUT2D eigenvalue weighted by molar-refractivity contribution is -0.167. The van der Waals surface area contributed by atoms with Crippen molar-refractivity contribution in [2.45, 2.75) is 291 Å². The molecule has 0 N–H and O–H groups in total. The Morgan fingerprint density at radius 3 is 0.845 bits per heavy atom. The van der Waals surface area contributed by atoms with Crippen molar-refractivity contribution in [1.82, 2.24) is 0 Å². The Balaban J connectivity index is 4.30. The first kappa shape index (κ1) is 56.4. The quantitative estimate of drug-likeness (QED) is 0.0346. The Labute approximate surface area is 361 Å². The van der Waals surface area contributed by atoms with Crippen LogP contribution in [-0.4, -0.2) is 37.2 Å². The van der Waals surface area contributed by atoms with E-state index >= 15 is 0 Å². The molecule has 1 atom stereocenters. The van der Waals surface area contributed by atoms with Gasteiger partial charge in [0, 0.05) is 19.3 Å². The number of carbonyl (C=O) groups is 3. The molecule has 6 nitrogen and oxygen atoms in total. The van der Waals surface area contributed by atoms with E-state index in [2.05, 4.69) is 34.6 Å². The molecule has 0 spiro atoms. The largest absolute Gasteiger partial charge is 0.462 e. The Morgan fingerprint density at radius 1 is 0.328 bits per heavy atom. The standard InChI is InChI=1S/C52H100O6/c1-6-7-8-9-10-11-12-17-22-27-32-37-42-50(53)56-45-49(58-52(55)44-39-34-29-24-19-21-26-31-36-41-48(4)5)46-57-51(54)43-38-33-28-23-18-15-13-14-16-20-25-30-35-40-47(2)3/h47-49H,6-46H2,1-5H3/t49-/m1/s1. The monoisotopic (exact) mass is 821 g/mol. The smallest absolute Gasteiger partial charge is 0.306 e. The number of unbranched alkanes of at least 4 members (excludes halogenated alkanes) is 31. The summed E-state index contributed by atoms with van der Waals surface area (Å²) in [7, 11) is 0. The third-order valence-electron chi connectivity index (χ3n) is 11.7. The van der Waals surface area contributed by atoms with E-state index in [9.17, 15) is 14.4 Å². The van der Waals surface area contributed by atoms with Crippen LogP contribution in [0.1, 0.15) is 285 Å². The molecule has 344 valence electrons. The van der Waals surface area contributed by atoms with Crippen molar-refractivity contribution >= 4 is 17.9 Å². The summed E-state index contributed by atoms with van der Waals surface area (Å²) in [5.41, 5.74) is 0. The van der Waals surface area contributed by atoms with Crippen molar-refractivity contribution < 1.29 is 28.6 Å². The maximum atomic E-state index is 12.8. The molecule has 0 saturated carbocycles. The van der Waals surface area contributed by atoms with Gasteiger partial charge >= 0.3 is 17.9 Å². The van der Waals surface area contributed by atoms with Crippen LogP contribution in [0.2, 0.25) is 0 Å². The third-order valence-corrected chi connectivity index (χ3v) is 11.7. The van der Waals surface area contributed by atoms with E-state index in [-0.39, 0.29) is 31.1 Å². The molecule has 0 saturated heterocycles. The van der Waals surface area contributed by atoms with Gasteiger partial charge in [-0.15, -0.1) is 0 Å². The van der Waals surface area contributed by atoms with E-state index in [4.69, 9.17) is 14.2 Å². The fourth-order valence-electron chi connectivity index (χ4n) is 7.81. The summed E-state index contributed by atoms with van der Waals surface area (Å²) in [6.07, 6.45) is 45.2. The van der Waals surface area contributed by atoms with Gasteiger partial charge in [0.1, 0.15) is 13.2 Å². The van der Waals surface area contributed by atoms with Crippen molar-refractivity contribution in [3.8, 4) is 0 Å². The molecule has 0 aliphatic carbocycles. The van der Waals surface area contributed by atoms with Crippen LogP contribution in [0, 0.1) is 11.8 Å². The second-order valence-corrected chi connectivity index (χ2v) is 18.8. The normalized spacial score (nSPS) is 12.1. The van der Waals surface area contributed by atoms with Gasteiger partial charge in [-0.3, -0.25) is 14.4 Å². The van der Waals surface area contributed by atoms with E-state index in [0.29, 0.717) is 19.3 Å². The van der Waals surface area contributed by atoms with Crippen LogP contribution in [0.4, 0.5) is 0 Å². The molecular weight excluding hydrogens is 721 g/mol. The Morgan fingerprint density at radius 2 is 0.569 bits per heavy atom. The lowest BCUT2D eigenvalue weighted by Gasteiger charge is -2.18. The summed E-state index contributed by atoms with van der Waals surface area (Å²) in [5, 5.41) is 0. The summed E-state index contributed by atoms with van der Waals surface area (Å²) in [5.74, 6) is 0.796. The molecule has 0 unspecified atom stereocenters. The average molecular weight is 821 g/mol. The number of hydrogen-bond acceptors (Lipinski definition) is 6. The molecule has 0 rings (SSSR count). The third kappa shape index (κ3) is 45.5. The molecule has 0 fully saturated rings. The first-order valence-corrected chi connectivity index (χ1v) is 25.7.